The van der Waals surface area contributed by atoms with Gasteiger partial charge >= 0.3 is 5.97 Å². The number of aliphatic carboxylic acids is 1. The van der Waals surface area contributed by atoms with E-state index in [0.29, 0.717) is 24.9 Å². The Balaban J connectivity index is 0.981. The summed E-state index contributed by atoms with van der Waals surface area (Å²) in [7, 11) is 0. The van der Waals surface area contributed by atoms with Crippen molar-refractivity contribution in [2.45, 2.75) is 80.4 Å². The molecule has 7 rings (SSSR count). The molecule has 3 amide bonds. The minimum atomic E-state index is -1.01. The van der Waals surface area contributed by atoms with Crippen LogP contribution in [-0.4, -0.2) is 126 Å². The zero-order valence-electron chi connectivity index (χ0n) is 23.2. The second-order valence-electron chi connectivity index (χ2n) is 12.9. The van der Waals surface area contributed by atoms with Crippen LogP contribution in [0, 0.1) is 23.2 Å². The lowest BCUT2D eigenvalue weighted by Gasteiger charge is -2.48. The summed E-state index contributed by atoms with van der Waals surface area (Å²) in [4.78, 5) is 55.3. The van der Waals surface area contributed by atoms with Gasteiger partial charge in [0.25, 0.3) is 0 Å². The molecule has 5 saturated heterocycles. The summed E-state index contributed by atoms with van der Waals surface area (Å²) in [6.07, 6.45) is 4.19. The monoisotopic (exact) mass is 587 g/mol. The molecule has 41 heavy (non-hydrogen) atoms. The Morgan fingerprint density at radius 3 is 2.88 bits per heavy atom. The second-order valence-corrected chi connectivity index (χ2v) is 14.4. The number of nitrogens with one attached hydrogen (secondary N) is 3. The number of carboxylic acids is 1. The number of amides is 3. The van der Waals surface area contributed by atoms with Crippen LogP contribution in [0.5, 0.6) is 0 Å². The molecule has 1 aliphatic carbocycles. The smallest absolute Gasteiger partial charge is 0.327 e. The number of carbonyl (C=O) groups is 4. The van der Waals surface area contributed by atoms with Crippen LogP contribution in [0.3, 0.4) is 0 Å². The van der Waals surface area contributed by atoms with E-state index < -0.39 is 24.0 Å². The van der Waals surface area contributed by atoms with Crippen molar-refractivity contribution in [2.24, 2.45) is 23.2 Å². The summed E-state index contributed by atoms with van der Waals surface area (Å²) in [5.74, 6) is -1.28. The van der Waals surface area contributed by atoms with Crippen molar-refractivity contribution in [3.63, 3.8) is 0 Å². The number of fused-ring (bicyclic) bond motifs is 2. The molecule has 1 spiro atoms. The molecule has 4 N–H and O–H groups in total. The Hall–Kier alpha value is -2.78. The Kier molecular flexibility index (Phi) is 6.54. The van der Waals surface area contributed by atoms with Crippen molar-refractivity contribution >= 4 is 35.5 Å². The molecule has 4 unspecified atom stereocenters. The van der Waals surface area contributed by atoms with E-state index in [9.17, 15) is 24.3 Å². The number of hydrogen-bond donors (Lipinski definition) is 4. The zero-order valence-corrected chi connectivity index (χ0v) is 24.0. The molecule has 1 aromatic heterocycles. The average Bonchev–Trinajstić information content (AvgIpc) is 3.75. The number of aromatic nitrogens is 4. The number of β-lactam (4-membered cyclic amide) rings is 1. The number of thioether (sulfide) groups is 1. The summed E-state index contributed by atoms with van der Waals surface area (Å²) in [6, 6.07) is -1.58. The summed E-state index contributed by atoms with van der Waals surface area (Å²) < 4.78 is 1.30. The molecule has 15 heteroatoms. The lowest BCUT2D eigenvalue weighted by molar-refractivity contribution is -0.166. The number of hydrogen-bond acceptors (Lipinski definition) is 10. The number of piperidine rings is 1. The van der Waals surface area contributed by atoms with Crippen LogP contribution in [0.4, 0.5) is 0 Å². The Labute approximate surface area is 241 Å². The molecule has 11 atom stereocenters. The third kappa shape index (κ3) is 4.25. The van der Waals surface area contributed by atoms with Gasteiger partial charge in [-0.2, -0.15) is 11.8 Å². The van der Waals surface area contributed by atoms with Gasteiger partial charge in [-0.25, -0.2) is 9.48 Å². The largest absolute Gasteiger partial charge is 0.480 e. The van der Waals surface area contributed by atoms with Gasteiger partial charge in [0.15, 0.2) is 0 Å². The van der Waals surface area contributed by atoms with Gasteiger partial charge in [0, 0.05) is 53.7 Å². The molecule has 1 aromatic rings. The minimum Gasteiger partial charge on any atom is -0.480 e. The molecular formula is C26H37N9O5S. The standard InChI is InChI=1S/C26H37N9O5S/c1-12-20-19(13(2)30-18(36)8-33-11-29-31-32-33)24(38)35(20)21(25(39)40)22(12)41-16-4-17(28-7-16)23(37)34-10-26-5-15(34)3-14(26)6-27-9-26/h11-17,19-22,27-28H,3-10H2,1-2H3,(H,30,36)(H,39,40)/t12-,13-,14?,15?,16+,17+,19-,20-,21?,22?,26-/m1/s1. The summed E-state index contributed by atoms with van der Waals surface area (Å²) in [5.41, 5.74) is 0.252. The molecule has 6 aliphatic rings. The van der Waals surface area contributed by atoms with Crippen LogP contribution in [0.15, 0.2) is 6.33 Å². The Bertz CT molecular complexity index is 1250. The summed E-state index contributed by atoms with van der Waals surface area (Å²) in [5, 5.41) is 30.5. The van der Waals surface area contributed by atoms with Crippen LogP contribution in [-0.2, 0) is 25.7 Å². The maximum Gasteiger partial charge on any atom is 0.327 e. The molecule has 5 aliphatic heterocycles. The van der Waals surface area contributed by atoms with Gasteiger partial charge in [-0.3, -0.25) is 14.4 Å². The van der Waals surface area contributed by atoms with Crippen molar-refractivity contribution < 1.29 is 24.3 Å². The highest BCUT2D eigenvalue weighted by molar-refractivity contribution is 8.00. The van der Waals surface area contributed by atoms with Crippen LogP contribution >= 0.6 is 11.8 Å². The van der Waals surface area contributed by atoms with Crippen LogP contribution in [0.1, 0.15) is 33.1 Å². The Morgan fingerprint density at radius 1 is 1.29 bits per heavy atom. The van der Waals surface area contributed by atoms with Crippen molar-refractivity contribution in [3.8, 4) is 0 Å². The fourth-order valence-corrected chi connectivity index (χ4v) is 10.5. The molecule has 2 bridgehead atoms. The van der Waals surface area contributed by atoms with E-state index in [1.54, 1.807) is 18.7 Å². The van der Waals surface area contributed by atoms with Gasteiger partial charge in [-0.05, 0) is 55.0 Å². The number of nitrogens with zero attached hydrogens (tertiary/aromatic N) is 6. The first-order valence-electron chi connectivity index (χ1n) is 14.6. The van der Waals surface area contributed by atoms with Crippen molar-refractivity contribution in [1.82, 2.24) is 46.0 Å². The van der Waals surface area contributed by atoms with Crippen LogP contribution < -0.4 is 16.0 Å². The normalized spacial score (nSPS) is 41.3. The highest BCUT2D eigenvalue weighted by Crippen LogP contribution is 2.54. The summed E-state index contributed by atoms with van der Waals surface area (Å²) >= 11 is 1.60. The minimum absolute atomic E-state index is 0.0659. The average molecular weight is 588 g/mol. The molecular weight excluding hydrogens is 550 g/mol. The van der Waals surface area contributed by atoms with E-state index in [2.05, 4.69) is 36.4 Å². The molecule has 14 nitrogen and oxygen atoms in total. The van der Waals surface area contributed by atoms with Gasteiger partial charge in [0.2, 0.25) is 17.7 Å². The number of likely N-dealkylation sites (tertiary alicyclic amines) is 1. The number of rotatable bonds is 8. The van der Waals surface area contributed by atoms with E-state index in [-0.39, 0.29) is 58.2 Å². The molecule has 0 aromatic carbocycles. The fraction of sp³-hybridized carbons (Fsp3) is 0.808. The molecule has 0 radical (unpaired) electrons. The van der Waals surface area contributed by atoms with E-state index in [4.69, 9.17) is 0 Å². The predicted molar refractivity (Wildman–Crippen MR) is 145 cm³/mol. The van der Waals surface area contributed by atoms with Gasteiger partial charge in [0.1, 0.15) is 18.9 Å². The highest BCUT2D eigenvalue weighted by Gasteiger charge is 2.65. The van der Waals surface area contributed by atoms with Crippen molar-refractivity contribution in [3.05, 3.63) is 6.33 Å². The first-order valence-corrected chi connectivity index (χ1v) is 15.6. The topological polar surface area (TPSA) is 175 Å². The quantitative estimate of drug-likeness (QED) is 0.251. The second kappa shape index (κ2) is 9.90. The highest BCUT2D eigenvalue weighted by atomic mass is 32.2. The fourth-order valence-electron chi connectivity index (χ4n) is 8.80. The van der Waals surface area contributed by atoms with Crippen molar-refractivity contribution in [2.75, 3.05) is 26.2 Å². The van der Waals surface area contributed by atoms with E-state index in [0.717, 1.165) is 32.5 Å². The number of carboxylic acid groups (broad SMARTS) is 1. The Morgan fingerprint density at radius 2 is 2.12 bits per heavy atom. The third-order valence-electron chi connectivity index (χ3n) is 10.7. The van der Waals surface area contributed by atoms with Crippen LogP contribution in [0.25, 0.3) is 0 Å². The molecule has 6 heterocycles. The molecule has 1 saturated carbocycles. The lowest BCUT2D eigenvalue weighted by Crippen LogP contribution is -2.68. The number of carbonyl (C=O) groups excluding carboxylic acids is 3. The van der Waals surface area contributed by atoms with E-state index >= 15 is 0 Å². The maximum atomic E-state index is 13.5. The first kappa shape index (κ1) is 27.1. The van der Waals surface area contributed by atoms with Crippen molar-refractivity contribution in [1.29, 1.82) is 0 Å². The third-order valence-corrected chi connectivity index (χ3v) is 12.4. The summed E-state index contributed by atoms with van der Waals surface area (Å²) in [6.45, 7) is 7.27. The molecule has 222 valence electrons. The lowest BCUT2D eigenvalue weighted by atomic mass is 9.78. The SMILES string of the molecule is C[C@@H](NC(=O)Cn1cnnn1)[C@H]1C(=O)N2C(C(=O)O)C(S[C@@H]3CN[C@H](C(=O)N4C[C@@]56CNCC5CC4C6)C3)[C@H](C)[C@H]12. The van der Waals surface area contributed by atoms with Crippen LogP contribution in [0.2, 0.25) is 0 Å². The maximum absolute atomic E-state index is 13.5. The van der Waals surface area contributed by atoms with Gasteiger partial charge in [-0.1, -0.05) is 6.92 Å². The predicted octanol–water partition coefficient (Wildman–Crippen LogP) is -1.85. The van der Waals surface area contributed by atoms with Gasteiger partial charge in [0.05, 0.1) is 12.0 Å². The van der Waals surface area contributed by atoms with Gasteiger partial charge in [-0.15, -0.1) is 5.10 Å². The van der Waals surface area contributed by atoms with E-state index in [1.165, 1.54) is 15.9 Å². The van der Waals surface area contributed by atoms with Gasteiger partial charge < -0.3 is 30.9 Å². The first-order chi connectivity index (χ1) is 19.7. The molecule has 6 fully saturated rings. The van der Waals surface area contributed by atoms with E-state index in [1.807, 2.05) is 6.92 Å². The zero-order chi connectivity index (χ0) is 28.6. The number of tetrazole rings is 1.